The Kier molecular flexibility index (Phi) is 8.69. The van der Waals surface area contributed by atoms with Gasteiger partial charge in [-0.25, -0.2) is 4.79 Å². The van der Waals surface area contributed by atoms with Crippen molar-refractivity contribution in [1.29, 1.82) is 0 Å². The highest BCUT2D eigenvalue weighted by molar-refractivity contribution is 5.98. The van der Waals surface area contributed by atoms with Crippen molar-refractivity contribution in [1.82, 2.24) is 9.55 Å². The third kappa shape index (κ3) is 6.02. The number of rotatable bonds is 10. The third-order valence-corrected chi connectivity index (χ3v) is 5.35. The fourth-order valence-electron chi connectivity index (χ4n) is 3.83. The number of aryl methyl sites for hydroxylation is 2. The summed E-state index contributed by atoms with van der Waals surface area (Å²) in [6, 6.07) is 6.18. The van der Waals surface area contributed by atoms with Gasteiger partial charge in [0.25, 0.3) is 5.56 Å². The van der Waals surface area contributed by atoms with Gasteiger partial charge < -0.3 is 15.5 Å². The molecule has 0 aliphatic rings. The highest BCUT2D eigenvalue weighted by Crippen LogP contribution is 2.22. The number of aromatic amines is 1. The van der Waals surface area contributed by atoms with E-state index in [9.17, 15) is 14.4 Å². The molecule has 2 aromatic rings. The van der Waals surface area contributed by atoms with Gasteiger partial charge in [-0.05, 0) is 56.4 Å². The van der Waals surface area contributed by atoms with Gasteiger partial charge in [-0.15, -0.1) is 0 Å². The monoisotopic (exact) mass is 443 g/mol. The summed E-state index contributed by atoms with van der Waals surface area (Å²) in [5.41, 5.74) is 8.36. The summed E-state index contributed by atoms with van der Waals surface area (Å²) in [7, 11) is 0. The number of H-pyrrole nitrogens is 1. The lowest BCUT2D eigenvalue weighted by Gasteiger charge is -2.29. The SMILES string of the molecule is CCCCN(C(=O)CN(CC)c1cc(C)cc(C)c1)c1c(N)n(CC(C)C)c(=O)[nH]c1=O. The molecule has 0 atom stereocenters. The number of hydrogen-bond donors (Lipinski definition) is 2. The standard InChI is InChI=1S/C24H37N5O3/c1-7-9-10-28(21-22(25)29(14-16(3)4)24(32)26-23(21)31)20(30)15-27(8-2)19-12-17(5)11-18(6)13-19/h11-13,16H,7-10,14-15,25H2,1-6H3,(H,26,31,32). The van der Waals surface area contributed by atoms with Crippen LogP contribution in [-0.4, -0.2) is 35.1 Å². The van der Waals surface area contributed by atoms with Crippen molar-refractivity contribution in [3.8, 4) is 0 Å². The third-order valence-electron chi connectivity index (χ3n) is 5.35. The summed E-state index contributed by atoms with van der Waals surface area (Å²) in [4.78, 5) is 44.4. The van der Waals surface area contributed by atoms with Crippen LogP contribution in [0.2, 0.25) is 0 Å². The highest BCUT2D eigenvalue weighted by atomic mass is 16.2. The van der Waals surface area contributed by atoms with Crippen molar-refractivity contribution >= 4 is 23.1 Å². The molecule has 0 saturated carbocycles. The molecular weight excluding hydrogens is 406 g/mol. The van der Waals surface area contributed by atoms with E-state index in [2.05, 4.69) is 11.1 Å². The number of unbranched alkanes of at least 4 members (excludes halogenated alkanes) is 1. The van der Waals surface area contributed by atoms with Crippen LogP contribution >= 0.6 is 0 Å². The first-order valence-electron chi connectivity index (χ1n) is 11.3. The van der Waals surface area contributed by atoms with Gasteiger partial charge >= 0.3 is 5.69 Å². The maximum absolute atomic E-state index is 13.5. The second-order valence-corrected chi connectivity index (χ2v) is 8.76. The van der Waals surface area contributed by atoms with Crippen LogP contribution in [0.4, 0.5) is 17.2 Å². The number of nitrogens with one attached hydrogen (secondary N) is 1. The Labute approximate surface area is 190 Å². The van der Waals surface area contributed by atoms with E-state index in [0.29, 0.717) is 26.1 Å². The number of likely N-dealkylation sites (N-methyl/N-ethyl adjacent to an activating group) is 1. The Hall–Kier alpha value is -3.03. The van der Waals surface area contributed by atoms with Crippen LogP contribution in [0.1, 0.15) is 51.7 Å². The number of nitrogens with zero attached hydrogens (tertiary/aromatic N) is 3. The van der Waals surface area contributed by atoms with Gasteiger partial charge in [-0.2, -0.15) is 0 Å². The zero-order valence-corrected chi connectivity index (χ0v) is 20.2. The summed E-state index contributed by atoms with van der Waals surface area (Å²) in [5.74, 6) is -0.0496. The van der Waals surface area contributed by atoms with Gasteiger partial charge in [0, 0.05) is 25.3 Å². The molecule has 0 radical (unpaired) electrons. The minimum Gasteiger partial charge on any atom is -0.383 e. The molecule has 1 amide bonds. The van der Waals surface area contributed by atoms with Crippen LogP contribution in [0.3, 0.4) is 0 Å². The Morgan fingerprint density at radius 1 is 1.12 bits per heavy atom. The van der Waals surface area contributed by atoms with E-state index in [1.165, 1.54) is 9.47 Å². The quantitative estimate of drug-likeness (QED) is 0.587. The molecule has 1 heterocycles. The zero-order valence-electron chi connectivity index (χ0n) is 20.2. The predicted molar refractivity (Wildman–Crippen MR) is 132 cm³/mol. The summed E-state index contributed by atoms with van der Waals surface area (Å²) < 4.78 is 1.34. The number of nitrogen functional groups attached to an aromatic ring is 1. The summed E-state index contributed by atoms with van der Waals surface area (Å²) in [6.07, 6.45) is 1.56. The van der Waals surface area contributed by atoms with E-state index in [0.717, 1.165) is 23.2 Å². The lowest BCUT2D eigenvalue weighted by Crippen LogP contribution is -2.46. The second-order valence-electron chi connectivity index (χ2n) is 8.76. The predicted octanol–water partition coefficient (Wildman–Crippen LogP) is 3.05. The fraction of sp³-hybridized carbons (Fsp3) is 0.542. The number of aromatic nitrogens is 2. The minimum absolute atomic E-state index is 0.0337. The average Bonchev–Trinajstić information content (AvgIpc) is 2.70. The number of benzene rings is 1. The molecule has 0 spiro atoms. The molecule has 0 unspecified atom stereocenters. The highest BCUT2D eigenvalue weighted by Gasteiger charge is 2.25. The van der Waals surface area contributed by atoms with Crippen molar-refractivity contribution in [2.24, 2.45) is 5.92 Å². The summed E-state index contributed by atoms with van der Waals surface area (Å²) >= 11 is 0. The van der Waals surface area contributed by atoms with E-state index in [4.69, 9.17) is 5.73 Å². The summed E-state index contributed by atoms with van der Waals surface area (Å²) in [6.45, 7) is 13.4. The Balaban J connectivity index is 2.48. The van der Waals surface area contributed by atoms with Crippen molar-refractivity contribution in [2.45, 2.75) is 60.9 Å². The van der Waals surface area contributed by atoms with Crippen LogP contribution in [0.5, 0.6) is 0 Å². The number of amides is 1. The lowest BCUT2D eigenvalue weighted by atomic mass is 10.1. The first-order chi connectivity index (χ1) is 15.1. The van der Waals surface area contributed by atoms with Crippen LogP contribution in [-0.2, 0) is 11.3 Å². The van der Waals surface area contributed by atoms with E-state index < -0.39 is 11.2 Å². The molecule has 0 fully saturated rings. The van der Waals surface area contributed by atoms with Gasteiger partial charge in [0.1, 0.15) is 5.82 Å². The van der Waals surface area contributed by atoms with Gasteiger partial charge in [-0.1, -0.05) is 33.3 Å². The number of hydrogen-bond acceptors (Lipinski definition) is 5. The van der Waals surface area contributed by atoms with Gasteiger partial charge in [0.15, 0.2) is 5.69 Å². The topological polar surface area (TPSA) is 104 Å². The molecule has 0 aliphatic carbocycles. The molecule has 0 saturated heterocycles. The molecule has 0 bridgehead atoms. The fourth-order valence-corrected chi connectivity index (χ4v) is 3.83. The van der Waals surface area contributed by atoms with E-state index in [-0.39, 0.29) is 29.9 Å². The van der Waals surface area contributed by atoms with Crippen molar-refractivity contribution in [3.63, 3.8) is 0 Å². The van der Waals surface area contributed by atoms with Crippen molar-refractivity contribution < 1.29 is 4.79 Å². The van der Waals surface area contributed by atoms with E-state index in [1.54, 1.807) is 0 Å². The average molecular weight is 444 g/mol. The van der Waals surface area contributed by atoms with Crippen LogP contribution in [0.25, 0.3) is 0 Å². The number of nitrogens with two attached hydrogens (primary N) is 1. The second kappa shape index (κ2) is 11.0. The number of anilines is 3. The maximum Gasteiger partial charge on any atom is 0.330 e. The Morgan fingerprint density at radius 2 is 1.75 bits per heavy atom. The van der Waals surface area contributed by atoms with Gasteiger partial charge in [0.2, 0.25) is 5.91 Å². The van der Waals surface area contributed by atoms with Crippen LogP contribution < -0.4 is 26.8 Å². The molecule has 32 heavy (non-hydrogen) atoms. The van der Waals surface area contributed by atoms with Crippen molar-refractivity contribution in [3.05, 3.63) is 50.2 Å². The molecule has 2 rings (SSSR count). The van der Waals surface area contributed by atoms with E-state index in [1.807, 2.05) is 58.6 Å². The first-order valence-corrected chi connectivity index (χ1v) is 11.3. The molecule has 1 aromatic carbocycles. The smallest absolute Gasteiger partial charge is 0.330 e. The van der Waals surface area contributed by atoms with Crippen molar-refractivity contribution in [2.75, 3.05) is 35.2 Å². The van der Waals surface area contributed by atoms with Gasteiger partial charge in [-0.3, -0.25) is 19.1 Å². The van der Waals surface area contributed by atoms with Gasteiger partial charge in [0.05, 0.1) is 6.54 Å². The van der Waals surface area contributed by atoms with E-state index >= 15 is 0 Å². The Morgan fingerprint density at radius 3 is 2.28 bits per heavy atom. The molecule has 1 aromatic heterocycles. The molecule has 0 aliphatic heterocycles. The van der Waals surface area contributed by atoms with Crippen LogP contribution in [0, 0.1) is 19.8 Å². The Bertz CT molecular complexity index is 1030. The maximum atomic E-state index is 13.5. The molecular formula is C24H37N5O3. The molecule has 3 N–H and O–H groups in total. The van der Waals surface area contributed by atoms with Crippen LogP contribution in [0.15, 0.2) is 27.8 Å². The summed E-state index contributed by atoms with van der Waals surface area (Å²) in [5, 5.41) is 0. The lowest BCUT2D eigenvalue weighted by molar-refractivity contribution is -0.117. The molecule has 8 nitrogen and oxygen atoms in total. The molecule has 176 valence electrons. The first kappa shape index (κ1) is 25.2. The largest absolute Gasteiger partial charge is 0.383 e. The normalized spacial score (nSPS) is 11.1. The minimum atomic E-state index is -0.633. The molecule has 8 heteroatoms. The zero-order chi connectivity index (χ0) is 24.0. The number of carbonyl (C=O) groups is 1. The number of carbonyl (C=O) groups excluding carboxylic acids is 1.